The number of carbonyl (C=O) groups is 3. The monoisotopic (exact) mass is 767 g/mol. The third-order valence-corrected chi connectivity index (χ3v) is 17.0. The van der Waals surface area contributed by atoms with Gasteiger partial charge in [-0.05, 0) is 117 Å². The maximum atomic E-state index is 14.4. The molecule has 2 heterocycles. The molecule has 56 heavy (non-hydrogen) atoms. The molecule has 8 atom stereocenters. The van der Waals surface area contributed by atoms with Crippen LogP contribution >= 0.6 is 0 Å². The maximum Gasteiger partial charge on any atom is 0.313 e. The second-order valence-electron chi connectivity index (χ2n) is 20.6. The van der Waals surface area contributed by atoms with Gasteiger partial charge in [0.05, 0.1) is 23.4 Å². The van der Waals surface area contributed by atoms with Gasteiger partial charge in [0.15, 0.2) is 0 Å². The lowest BCUT2D eigenvalue weighted by molar-refractivity contribution is -0.185. The minimum Gasteiger partial charge on any atom is -0.465 e. The zero-order chi connectivity index (χ0) is 39.7. The molecule has 5 aliphatic carbocycles. The Morgan fingerprint density at radius 1 is 0.875 bits per heavy atom. The van der Waals surface area contributed by atoms with Crippen molar-refractivity contribution >= 4 is 17.8 Å². The predicted octanol–water partition coefficient (Wildman–Crippen LogP) is 8.31. The van der Waals surface area contributed by atoms with Crippen LogP contribution in [0.5, 0.6) is 0 Å². The molecule has 9 nitrogen and oxygen atoms in total. The number of hydrogen-bond donors (Lipinski definition) is 0. The van der Waals surface area contributed by atoms with Crippen LogP contribution in [0.2, 0.25) is 0 Å². The summed E-state index contributed by atoms with van der Waals surface area (Å²) in [6.45, 7) is 18.2. The number of hydrogen-bond acceptors (Lipinski definition) is 8. The van der Waals surface area contributed by atoms with E-state index in [1.54, 1.807) is 0 Å². The second-order valence-corrected chi connectivity index (χ2v) is 20.6. The topological polar surface area (TPSA) is 102 Å². The van der Waals surface area contributed by atoms with Gasteiger partial charge < -0.3 is 23.8 Å². The van der Waals surface area contributed by atoms with Crippen LogP contribution in [0.25, 0.3) is 0 Å². The van der Waals surface area contributed by atoms with Gasteiger partial charge in [-0.3, -0.25) is 14.4 Å². The van der Waals surface area contributed by atoms with Gasteiger partial charge in [-0.15, -0.1) is 0 Å². The smallest absolute Gasteiger partial charge is 0.313 e. The molecule has 8 rings (SSSR count). The number of ether oxygens (including phenoxy) is 2. The number of nitrogens with zero attached hydrogens (tertiary/aromatic N) is 3. The number of aromatic nitrogens is 1. The largest absolute Gasteiger partial charge is 0.465 e. The average Bonchev–Trinajstić information content (AvgIpc) is 3.65. The molecule has 0 bridgehead atoms. The van der Waals surface area contributed by atoms with E-state index in [9.17, 15) is 14.4 Å². The van der Waals surface area contributed by atoms with Crippen LogP contribution in [0, 0.1) is 44.8 Å². The number of fused-ring (bicyclic) bond motifs is 8. The summed E-state index contributed by atoms with van der Waals surface area (Å²) in [4.78, 5) is 44.7. The highest BCUT2D eigenvalue weighted by Gasteiger charge is 2.70. The Kier molecular flexibility index (Phi) is 9.93. The van der Waals surface area contributed by atoms with E-state index in [0.717, 1.165) is 87.8 Å². The lowest BCUT2D eigenvalue weighted by atomic mass is 9.33. The third-order valence-electron chi connectivity index (χ3n) is 17.0. The summed E-state index contributed by atoms with van der Waals surface area (Å²) in [5.74, 6) is 1.31. The van der Waals surface area contributed by atoms with Crippen molar-refractivity contribution in [2.24, 2.45) is 44.8 Å². The molecule has 1 saturated heterocycles. The van der Waals surface area contributed by atoms with Gasteiger partial charge in [-0.25, -0.2) is 0 Å². The van der Waals surface area contributed by atoms with Crippen LogP contribution in [0.4, 0.5) is 0 Å². The molecule has 304 valence electrons. The van der Waals surface area contributed by atoms with Crippen molar-refractivity contribution in [3.63, 3.8) is 0 Å². The Morgan fingerprint density at radius 2 is 1.61 bits per heavy atom. The number of benzene rings is 1. The van der Waals surface area contributed by atoms with Crippen LogP contribution in [0.3, 0.4) is 0 Å². The highest BCUT2D eigenvalue weighted by molar-refractivity contribution is 5.81. The molecular weight excluding hydrogens is 703 g/mol. The lowest BCUT2D eigenvalue weighted by Gasteiger charge is -2.70. The van der Waals surface area contributed by atoms with Gasteiger partial charge in [0.2, 0.25) is 5.91 Å². The normalized spacial score (nSPS) is 37.4. The molecule has 6 aliphatic rings. The zero-order valence-corrected chi connectivity index (χ0v) is 35.1. The van der Waals surface area contributed by atoms with Gasteiger partial charge in [-0.2, -0.15) is 0 Å². The first kappa shape index (κ1) is 39.4. The Morgan fingerprint density at radius 3 is 2.36 bits per heavy atom. The summed E-state index contributed by atoms with van der Waals surface area (Å²) < 4.78 is 18.4. The van der Waals surface area contributed by atoms with Gasteiger partial charge in [0, 0.05) is 38.2 Å². The number of carbonyl (C=O) groups excluding carboxylic acids is 3. The minimum atomic E-state index is -0.542. The molecular formula is C47H65N3O6. The first-order valence-corrected chi connectivity index (χ1v) is 21.5. The molecule has 1 aliphatic heterocycles. The van der Waals surface area contributed by atoms with Crippen LogP contribution in [0.1, 0.15) is 123 Å². The SMILES string of the molecule is CN1CCN(C(=O)CCC(=O)OC[C@]2(C)c3oncc3C[C@@]3(C)[C@H]2CC[C@]2(C)[C@@H]3CC=C3[C@@H]4CC(C)(C)CC[C@]4(C(=O)OCc4ccccc4)CC[C@]32C)CC1. The van der Waals surface area contributed by atoms with Crippen molar-refractivity contribution in [3.8, 4) is 0 Å². The second kappa shape index (κ2) is 14.1. The van der Waals surface area contributed by atoms with Crippen molar-refractivity contribution in [1.29, 1.82) is 0 Å². The summed E-state index contributed by atoms with van der Waals surface area (Å²) in [6.07, 6.45) is 13.4. The van der Waals surface area contributed by atoms with Crippen molar-refractivity contribution < 1.29 is 28.4 Å². The maximum absolute atomic E-state index is 14.4. The quantitative estimate of drug-likeness (QED) is 0.195. The molecule has 0 radical (unpaired) electrons. The third kappa shape index (κ3) is 6.28. The summed E-state index contributed by atoms with van der Waals surface area (Å²) in [6, 6.07) is 10.1. The number of allylic oxidation sites excluding steroid dienone is 2. The molecule has 4 fully saturated rings. The van der Waals surface area contributed by atoms with E-state index in [4.69, 9.17) is 14.0 Å². The van der Waals surface area contributed by atoms with Gasteiger partial charge in [0.25, 0.3) is 0 Å². The summed E-state index contributed by atoms with van der Waals surface area (Å²) in [5, 5.41) is 4.32. The fourth-order valence-corrected chi connectivity index (χ4v) is 13.5. The Hall–Kier alpha value is -3.46. The van der Waals surface area contributed by atoms with Crippen LogP contribution in [-0.2, 0) is 42.3 Å². The average molecular weight is 768 g/mol. The fourth-order valence-electron chi connectivity index (χ4n) is 13.5. The number of esters is 2. The standard InChI is InChI=1S/C47H65N3O6/c1-42(2)19-21-47(41(53)54-30-32-11-9-8-10-12-32)22-20-45(5)34(35(47)28-42)13-14-37-43(3)27-33-29-48-56-40(33)44(4,36(43)17-18-46(37,45)6)31-55-39(52)16-15-38(51)50-25-23-49(7)24-26-50/h8-13,29,35-37H,14-28,30-31H2,1-7H3/t35-,36+,37+,43-,44-,45+,46+,47-/m0/s1. The summed E-state index contributed by atoms with van der Waals surface area (Å²) >= 11 is 0. The van der Waals surface area contributed by atoms with Crippen LogP contribution in [0.15, 0.2) is 52.7 Å². The number of piperazine rings is 1. The van der Waals surface area contributed by atoms with E-state index in [-0.39, 0.29) is 70.8 Å². The van der Waals surface area contributed by atoms with E-state index in [1.165, 1.54) is 5.57 Å². The molecule has 1 amide bonds. The first-order valence-electron chi connectivity index (χ1n) is 21.5. The zero-order valence-electron chi connectivity index (χ0n) is 35.1. The number of rotatable bonds is 8. The van der Waals surface area contributed by atoms with E-state index >= 15 is 0 Å². The molecule has 0 N–H and O–H groups in total. The van der Waals surface area contributed by atoms with Gasteiger partial charge in [-0.1, -0.05) is 81.8 Å². The van der Waals surface area contributed by atoms with E-state index in [0.29, 0.717) is 25.6 Å². The molecule has 1 aromatic heterocycles. The highest BCUT2D eigenvalue weighted by Crippen LogP contribution is 2.75. The molecule has 0 spiro atoms. The summed E-state index contributed by atoms with van der Waals surface area (Å²) in [7, 11) is 2.07. The minimum absolute atomic E-state index is 0.00553. The van der Waals surface area contributed by atoms with Crippen molar-refractivity contribution in [2.75, 3.05) is 39.8 Å². The van der Waals surface area contributed by atoms with E-state index in [1.807, 2.05) is 41.4 Å². The van der Waals surface area contributed by atoms with Gasteiger partial charge >= 0.3 is 11.9 Å². The van der Waals surface area contributed by atoms with E-state index in [2.05, 4.69) is 64.7 Å². The first-order chi connectivity index (χ1) is 26.5. The van der Waals surface area contributed by atoms with Crippen LogP contribution in [-0.4, -0.2) is 72.6 Å². The fraction of sp³-hybridized carbons (Fsp3) is 0.702. The summed E-state index contributed by atoms with van der Waals surface area (Å²) in [5.41, 5.74) is 2.65. The van der Waals surface area contributed by atoms with Crippen molar-refractivity contribution in [3.05, 3.63) is 65.1 Å². The van der Waals surface area contributed by atoms with Crippen molar-refractivity contribution in [2.45, 2.75) is 124 Å². The Bertz CT molecular complexity index is 1860. The van der Waals surface area contributed by atoms with E-state index < -0.39 is 10.8 Å². The predicted molar refractivity (Wildman–Crippen MR) is 214 cm³/mol. The Labute approximate surface area is 334 Å². The lowest BCUT2D eigenvalue weighted by Crippen LogP contribution is -2.65. The molecule has 9 heteroatoms. The number of amides is 1. The van der Waals surface area contributed by atoms with Gasteiger partial charge in [0.1, 0.15) is 19.0 Å². The highest BCUT2D eigenvalue weighted by atomic mass is 16.5. The van der Waals surface area contributed by atoms with Crippen LogP contribution < -0.4 is 0 Å². The molecule has 2 aromatic rings. The Balaban J connectivity index is 1.04. The molecule has 1 aromatic carbocycles. The molecule has 3 saturated carbocycles. The number of likely N-dealkylation sites (N-methyl/N-ethyl adjacent to an activating group) is 1. The molecule has 0 unspecified atom stereocenters. The van der Waals surface area contributed by atoms with Crippen molar-refractivity contribution in [1.82, 2.24) is 15.0 Å².